The van der Waals surface area contributed by atoms with Gasteiger partial charge in [0.2, 0.25) is 5.96 Å². The first-order valence-electron chi connectivity index (χ1n) is 5.23. The van der Waals surface area contributed by atoms with Crippen LogP contribution in [0.25, 0.3) is 0 Å². The van der Waals surface area contributed by atoms with Crippen LogP contribution in [0.3, 0.4) is 0 Å². The van der Waals surface area contributed by atoms with Crippen LogP contribution in [0.15, 0.2) is 30.3 Å². The van der Waals surface area contributed by atoms with Gasteiger partial charge in [-0.05, 0) is 32.9 Å². The van der Waals surface area contributed by atoms with Crippen molar-refractivity contribution in [3.63, 3.8) is 0 Å². The number of para-hydroxylation sites is 1. The third-order valence-corrected chi connectivity index (χ3v) is 1.83. The SMILES string of the molecule is CC(C)(C)OC(=O)N(C(=N)N)c1ccccc1. The largest absolute Gasteiger partial charge is 0.443 e. The van der Waals surface area contributed by atoms with Gasteiger partial charge in [0.05, 0.1) is 5.69 Å². The molecule has 5 nitrogen and oxygen atoms in total. The number of carbonyl (C=O) groups is 1. The van der Waals surface area contributed by atoms with Gasteiger partial charge < -0.3 is 10.5 Å². The molecule has 0 aliphatic heterocycles. The lowest BCUT2D eigenvalue weighted by molar-refractivity contribution is 0.0603. The molecule has 0 radical (unpaired) electrons. The number of carbonyl (C=O) groups excluding carboxylic acids is 1. The zero-order valence-electron chi connectivity index (χ0n) is 10.2. The first-order chi connectivity index (χ1) is 7.81. The molecule has 92 valence electrons. The van der Waals surface area contributed by atoms with Gasteiger partial charge >= 0.3 is 6.09 Å². The molecular formula is C12H17N3O2. The molecule has 1 aromatic carbocycles. The first-order valence-corrected chi connectivity index (χ1v) is 5.23. The summed E-state index contributed by atoms with van der Waals surface area (Å²) in [7, 11) is 0. The Morgan fingerprint density at radius 2 is 1.82 bits per heavy atom. The summed E-state index contributed by atoms with van der Waals surface area (Å²) >= 11 is 0. The Morgan fingerprint density at radius 3 is 2.24 bits per heavy atom. The molecular weight excluding hydrogens is 218 g/mol. The summed E-state index contributed by atoms with van der Waals surface area (Å²) in [5.41, 5.74) is 5.28. The fraction of sp³-hybridized carbons (Fsp3) is 0.333. The summed E-state index contributed by atoms with van der Waals surface area (Å²) in [6, 6.07) is 8.71. The van der Waals surface area contributed by atoms with Crippen molar-refractivity contribution in [2.24, 2.45) is 5.73 Å². The maximum atomic E-state index is 11.9. The Bertz CT molecular complexity index is 410. The van der Waals surface area contributed by atoms with Crippen LogP contribution in [0.4, 0.5) is 10.5 Å². The molecule has 0 spiro atoms. The van der Waals surface area contributed by atoms with Gasteiger partial charge in [0, 0.05) is 0 Å². The highest BCUT2D eigenvalue weighted by molar-refractivity contribution is 6.11. The molecule has 0 bridgehead atoms. The smallest absolute Gasteiger partial charge is 0.421 e. The second-order valence-corrected chi connectivity index (χ2v) is 4.54. The molecule has 3 N–H and O–H groups in total. The highest BCUT2D eigenvalue weighted by atomic mass is 16.6. The number of nitrogens with two attached hydrogens (primary N) is 1. The zero-order valence-corrected chi connectivity index (χ0v) is 10.2. The van der Waals surface area contributed by atoms with E-state index in [9.17, 15) is 4.79 Å². The van der Waals surface area contributed by atoms with Crippen molar-refractivity contribution < 1.29 is 9.53 Å². The minimum Gasteiger partial charge on any atom is -0.443 e. The first kappa shape index (κ1) is 13.0. The normalized spacial score (nSPS) is 10.8. The monoisotopic (exact) mass is 235 g/mol. The highest BCUT2D eigenvalue weighted by Gasteiger charge is 2.25. The van der Waals surface area contributed by atoms with Crippen LogP contribution in [-0.2, 0) is 4.74 Å². The number of guanidine groups is 1. The van der Waals surface area contributed by atoms with Crippen LogP contribution in [0.2, 0.25) is 0 Å². The quantitative estimate of drug-likeness (QED) is 0.579. The fourth-order valence-corrected chi connectivity index (χ4v) is 1.23. The van der Waals surface area contributed by atoms with Crippen molar-refractivity contribution in [1.82, 2.24) is 0 Å². The number of amides is 1. The maximum Gasteiger partial charge on any atom is 0.421 e. The zero-order chi connectivity index (χ0) is 13.1. The van der Waals surface area contributed by atoms with Crippen LogP contribution in [-0.4, -0.2) is 17.7 Å². The molecule has 0 saturated heterocycles. The van der Waals surface area contributed by atoms with Gasteiger partial charge in [0.25, 0.3) is 0 Å². The Hall–Kier alpha value is -2.04. The van der Waals surface area contributed by atoms with E-state index in [2.05, 4.69) is 0 Å². The van der Waals surface area contributed by atoms with Crippen molar-refractivity contribution in [2.45, 2.75) is 26.4 Å². The molecule has 0 fully saturated rings. The molecule has 0 aliphatic rings. The van der Waals surface area contributed by atoms with Gasteiger partial charge in [-0.25, -0.2) is 9.69 Å². The summed E-state index contributed by atoms with van der Waals surface area (Å²) < 4.78 is 5.18. The molecule has 0 atom stereocenters. The number of nitrogens with one attached hydrogen (secondary N) is 1. The maximum absolute atomic E-state index is 11.9. The summed E-state index contributed by atoms with van der Waals surface area (Å²) in [4.78, 5) is 12.9. The molecule has 1 amide bonds. The Balaban J connectivity index is 2.96. The van der Waals surface area contributed by atoms with Crippen molar-refractivity contribution in [2.75, 3.05) is 4.90 Å². The lowest BCUT2D eigenvalue weighted by Gasteiger charge is -2.26. The van der Waals surface area contributed by atoms with Gasteiger partial charge in [-0.3, -0.25) is 5.41 Å². The van der Waals surface area contributed by atoms with Crippen LogP contribution in [0, 0.1) is 5.41 Å². The average molecular weight is 235 g/mol. The third-order valence-electron chi connectivity index (χ3n) is 1.83. The minimum absolute atomic E-state index is 0.370. The van der Waals surface area contributed by atoms with E-state index in [-0.39, 0.29) is 5.96 Å². The lowest BCUT2D eigenvalue weighted by Crippen LogP contribution is -2.44. The van der Waals surface area contributed by atoms with Crippen LogP contribution < -0.4 is 10.6 Å². The van der Waals surface area contributed by atoms with Crippen LogP contribution >= 0.6 is 0 Å². The van der Waals surface area contributed by atoms with Gasteiger partial charge in [0.15, 0.2) is 0 Å². The van der Waals surface area contributed by atoms with Crippen molar-refractivity contribution in [3.05, 3.63) is 30.3 Å². The number of hydrogen-bond acceptors (Lipinski definition) is 3. The molecule has 0 heterocycles. The summed E-state index contributed by atoms with van der Waals surface area (Å²) in [5, 5.41) is 7.43. The van der Waals surface area contributed by atoms with Gasteiger partial charge in [-0.1, -0.05) is 18.2 Å². The summed E-state index contributed by atoms with van der Waals surface area (Å²) in [6.07, 6.45) is -0.656. The number of rotatable bonds is 1. The molecule has 17 heavy (non-hydrogen) atoms. The molecule has 0 unspecified atom stereocenters. The summed E-state index contributed by atoms with van der Waals surface area (Å²) in [5.74, 6) is -0.370. The van der Waals surface area contributed by atoms with Crippen molar-refractivity contribution in [3.8, 4) is 0 Å². The van der Waals surface area contributed by atoms with E-state index in [1.807, 2.05) is 6.07 Å². The predicted molar refractivity (Wildman–Crippen MR) is 67.1 cm³/mol. The van der Waals surface area contributed by atoms with E-state index in [0.717, 1.165) is 4.90 Å². The Kier molecular flexibility index (Phi) is 3.73. The molecule has 0 saturated carbocycles. The van der Waals surface area contributed by atoms with E-state index < -0.39 is 11.7 Å². The average Bonchev–Trinajstić information content (AvgIpc) is 2.15. The summed E-state index contributed by atoms with van der Waals surface area (Å²) in [6.45, 7) is 5.27. The topological polar surface area (TPSA) is 79.4 Å². The Labute approximate surface area is 101 Å². The van der Waals surface area contributed by atoms with Crippen molar-refractivity contribution in [1.29, 1.82) is 5.41 Å². The van der Waals surface area contributed by atoms with Crippen LogP contribution in [0.5, 0.6) is 0 Å². The number of benzene rings is 1. The lowest BCUT2D eigenvalue weighted by atomic mass is 10.2. The highest BCUT2D eigenvalue weighted by Crippen LogP contribution is 2.17. The number of ether oxygens (including phenoxy) is 1. The second kappa shape index (κ2) is 4.86. The van der Waals surface area contributed by atoms with Gasteiger partial charge in [-0.2, -0.15) is 0 Å². The molecule has 0 aromatic heterocycles. The van der Waals surface area contributed by atoms with E-state index in [1.165, 1.54) is 0 Å². The fourth-order valence-electron chi connectivity index (χ4n) is 1.23. The minimum atomic E-state index is -0.656. The number of nitrogens with zero attached hydrogens (tertiary/aromatic N) is 1. The van der Waals surface area contributed by atoms with E-state index in [0.29, 0.717) is 5.69 Å². The third kappa shape index (κ3) is 3.79. The second-order valence-electron chi connectivity index (χ2n) is 4.54. The van der Waals surface area contributed by atoms with Crippen molar-refractivity contribution >= 4 is 17.7 Å². The van der Waals surface area contributed by atoms with Gasteiger partial charge in [-0.15, -0.1) is 0 Å². The van der Waals surface area contributed by atoms with Gasteiger partial charge in [0.1, 0.15) is 5.60 Å². The molecule has 1 aromatic rings. The van der Waals surface area contributed by atoms with Crippen LogP contribution in [0.1, 0.15) is 20.8 Å². The predicted octanol–water partition coefficient (Wildman–Crippen LogP) is 2.32. The Morgan fingerprint density at radius 1 is 1.29 bits per heavy atom. The standard InChI is InChI=1S/C12H17N3O2/c1-12(2,3)17-11(16)15(10(13)14)9-7-5-4-6-8-9/h4-8H,1-3H3,(H3,13,14). The number of anilines is 1. The molecule has 5 heteroatoms. The molecule has 1 rings (SSSR count). The van der Waals surface area contributed by atoms with E-state index in [1.54, 1.807) is 45.0 Å². The van der Waals surface area contributed by atoms with E-state index >= 15 is 0 Å². The van der Waals surface area contributed by atoms with E-state index in [4.69, 9.17) is 15.9 Å². The number of hydrogen-bond donors (Lipinski definition) is 2. The molecule has 0 aliphatic carbocycles.